The highest BCUT2D eigenvalue weighted by atomic mass is 31.1. The summed E-state index contributed by atoms with van der Waals surface area (Å²) < 4.78 is 0. The zero-order valence-corrected chi connectivity index (χ0v) is 34.8. The van der Waals surface area contributed by atoms with E-state index in [9.17, 15) is 0 Å². The summed E-state index contributed by atoms with van der Waals surface area (Å²) in [6.07, 6.45) is 3.52. The number of hydrogen-bond donors (Lipinski definition) is 0. The van der Waals surface area contributed by atoms with Gasteiger partial charge < -0.3 is 0 Å². The molecular formula is C45H63P3. The van der Waals surface area contributed by atoms with Crippen LogP contribution in [0.25, 0.3) is 33.4 Å². The first-order valence-corrected chi connectivity index (χ1v) is 23.4. The minimum Gasteiger partial charge on any atom is -0.0969 e. The van der Waals surface area contributed by atoms with Crippen LogP contribution in [0, 0.1) is 0 Å². The van der Waals surface area contributed by atoms with Gasteiger partial charge in [0, 0.05) is 0 Å². The maximum Gasteiger partial charge on any atom is -0.00623 e. The lowest BCUT2D eigenvalue weighted by Gasteiger charge is -2.28. The topological polar surface area (TPSA) is 0 Å². The zero-order valence-electron chi connectivity index (χ0n) is 32.1. The maximum absolute atomic E-state index is 2.51. The van der Waals surface area contributed by atoms with Gasteiger partial charge in [-0.3, -0.25) is 0 Å². The average molecular weight is 697 g/mol. The Morgan fingerprint density at radius 3 is 0.750 bits per heavy atom. The molecule has 0 saturated heterocycles. The van der Waals surface area contributed by atoms with Crippen molar-refractivity contribution in [1.29, 1.82) is 0 Å². The largest absolute Gasteiger partial charge is 0.0969 e. The molecule has 0 aromatic heterocycles. The number of hydrogen-bond acceptors (Lipinski definition) is 0. The normalized spacial score (nSPS) is 12.4. The third kappa shape index (κ3) is 9.90. The van der Waals surface area contributed by atoms with E-state index in [1.807, 2.05) is 0 Å². The molecule has 4 aromatic rings. The van der Waals surface area contributed by atoms with Crippen molar-refractivity contribution in [2.45, 2.75) is 136 Å². The third-order valence-corrected chi connectivity index (χ3v) is 20.0. The number of benzene rings is 4. The van der Waals surface area contributed by atoms with E-state index in [4.69, 9.17) is 0 Å². The van der Waals surface area contributed by atoms with Gasteiger partial charge in [-0.05, 0) is 121 Å². The molecule has 0 saturated carbocycles. The molecule has 4 aromatic carbocycles. The van der Waals surface area contributed by atoms with Crippen LogP contribution in [0.5, 0.6) is 0 Å². The van der Waals surface area contributed by atoms with Gasteiger partial charge >= 0.3 is 0 Å². The van der Waals surface area contributed by atoms with Gasteiger partial charge in [-0.15, -0.1) is 0 Å². The minimum atomic E-state index is -0.116. The molecule has 0 heterocycles. The van der Waals surface area contributed by atoms with Crippen molar-refractivity contribution in [2.24, 2.45) is 0 Å². The van der Waals surface area contributed by atoms with Crippen LogP contribution in [0.2, 0.25) is 0 Å². The lowest BCUT2D eigenvalue weighted by Crippen LogP contribution is -2.07. The quantitative estimate of drug-likeness (QED) is 0.109. The van der Waals surface area contributed by atoms with Crippen molar-refractivity contribution in [3.63, 3.8) is 0 Å². The Hall–Kier alpha value is -1.83. The summed E-state index contributed by atoms with van der Waals surface area (Å²) in [5.41, 5.74) is 17.1. The van der Waals surface area contributed by atoms with E-state index in [1.165, 1.54) is 68.6 Å². The Balaban J connectivity index is 1.96. The van der Waals surface area contributed by atoms with Crippen LogP contribution in [0.3, 0.4) is 0 Å². The Bertz CT molecular complexity index is 1370. The summed E-state index contributed by atoms with van der Waals surface area (Å²) in [4.78, 5) is 0. The SMILES string of the molecule is CC(C)P(Cc1ccccc1-c1cc(-c2ccccc2CP(C(C)C)C(C)C)cc(-c2ccccc2CP(C(C)C)C(C)C)c1)C(C)C. The second kappa shape index (κ2) is 17.9. The van der Waals surface area contributed by atoms with E-state index in [2.05, 4.69) is 174 Å². The summed E-state index contributed by atoms with van der Waals surface area (Å²) in [6, 6.07) is 35.4. The molecule has 0 unspecified atom stereocenters. The second-order valence-corrected chi connectivity index (χ2v) is 25.6. The summed E-state index contributed by atoms with van der Waals surface area (Å²) in [7, 11) is -0.347. The molecule has 258 valence electrons. The van der Waals surface area contributed by atoms with Crippen LogP contribution in [0.15, 0.2) is 91.0 Å². The molecule has 0 N–H and O–H groups in total. The smallest absolute Gasteiger partial charge is 0.00623 e. The highest BCUT2D eigenvalue weighted by Gasteiger charge is 2.23. The van der Waals surface area contributed by atoms with Crippen LogP contribution in [-0.2, 0) is 18.5 Å². The van der Waals surface area contributed by atoms with Gasteiger partial charge in [0.25, 0.3) is 0 Å². The molecule has 0 nitrogen and oxygen atoms in total. The van der Waals surface area contributed by atoms with Crippen molar-refractivity contribution in [3.05, 3.63) is 108 Å². The first-order chi connectivity index (χ1) is 22.8. The van der Waals surface area contributed by atoms with Crippen LogP contribution < -0.4 is 0 Å². The van der Waals surface area contributed by atoms with Crippen molar-refractivity contribution >= 4 is 23.8 Å². The zero-order chi connectivity index (χ0) is 35.1. The Morgan fingerprint density at radius 1 is 0.333 bits per heavy atom. The monoisotopic (exact) mass is 696 g/mol. The Kier molecular flexibility index (Phi) is 14.5. The Labute approximate surface area is 299 Å². The molecule has 0 fully saturated rings. The Morgan fingerprint density at radius 2 is 0.542 bits per heavy atom. The fourth-order valence-electron chi connectivity index (χ4n) is 7.39. The second-order valence-electron chi connectivity index (χ2n) is 15.3. The van der Waals surface area contributed by atoms with Gasteiger partial charge in [-0.1, -0.05) is 180 Å². The van der Waals surface area contributed by atoms with E-state index >= 15 is 0 Å². The molecule has 0 aliphatic carbocycles. The predicted molar refractivity (Wildman–Crippen MR) is 225 cm³/mol. The molecular weight excluding hydrogens is 633 g/mol. The van der Waals surface area contributed by atoms with Crippen LogP contribution in [-0.4, -0.2) is 34.0 Å². The van der Waals surface area contributed by atoms with Crippen LogP contribution in [0.4, 0.5) is 0 Å². The molecule has 0 amide bonds. The van der Waals surface area contributed by atoms with Gasteiger partial charge in [0.1, 0.15) is 0 Å². The molecule has 0 aliphatic rings. The lowest BCUT2D eigenvalue weighted by molar-refractivity contribution is 0.996. The molecule has 0 bridgehead atoms. The molecule has 0 aliphatic heterocycles. The molecule has 4 rings (SSSR count). The molecule has 48 heavy (non-hydrogen) atoms. The first-order valence-electron chi connectivity index (χ1n) is 18.5. The maximum atomic E-state index is 2.51. The predicted octanol–water partition coefficient (Wildman–Crippen LogP) is 15.1. The fourth-order valence-corrected chi connectivity index (χ4v) is 15.2. The van der Waals surface area contributed by atoms with Gasteiger partial charge in [0.15, 0.2) is 0 Å². The number of rotatable bonds is 15. The van der Waals surface area contributed by atoms with Crippen molar-refractivity contribution in [3.8, 4) is 33.4 Å². The highest BCUT2D eigenvalue weighted by Crippen LogP contribution is 2.53. The van der Waals surface area contributed by atoms with Crippen molar-refractivity contribution in [2.75, 3.05) is 0 Å². The summed E-state index contributed by atoms with van der Waals surface area (Å²) in [5, 5.41) is 0. The van der Waals surface area contributed by atoms with Gasteiger partial charge in [-0.2, -0.15) is 0 Å². The van der Waals surface area contributed by atoms with Crippen LogP contribution in [0.1, 0.15) is 99.8 Å². The van der Waals surface area contributed by atoms with Crippen LogP contribution >= 0.6 is 23.8 Å². The fraction of sp³-hybridized carbons (Fsp3) is 0.467. The van der Waals surface area contributed by atoms with E-state index in [-0.39, 0.29) is 23.8 Å². The molecule has 0 atom stereocenters. The highest BCUT2D eigenvalue weighted by molar-refractivity contribution is 7.58. The third-order valence-electron chi connectivity index (χ3n) is 9.96. The first kappa shape index (κ1) is 39.0. The van der Waals surface area contributed by atoms with Gasteiger partial charge in [0.05, 0.1) is 0 Å². The molecule has 0 radical (unpaired) electrons. The molecule has 0 spiro atoms. The lowest BCUT2D eigenvalue weighted by atomic mass is 9.89. The van der Waals surface area contributed by atoms with E-state index in [0.717, 1.165) is 0 Å². The van der Waals surface area contributed by atoms with Gasteiger partial charge in [-0.25, -0.2) is 0 Å². The standard InChI is InChI=1S/C45H63P3/c1-31(2)46(32(3)4)28-37-19-13-16-22-43(37)40-25-41(44-23-17-14-20-38(44)29-47(33(5)6)34(7)8)27-42(26-40)45-24-18-15-21-39(45)30-48(35(9)10)36(11)12/h13-27,31-36H,28-30H2,1-12H3. The van der Waals surface area contributed by atoms with Gasteiger partial charge in [0.2, 0.25) is 0 Å². The minimum absolute atomic E-state index is 0.116. The molecule has 3 heteroatoms. The summed E-state index contributed by atoms with van der Waals surface area (Å²) in [6.45, 7) is 29.1. The van der Waals surface area contributed by atoms with Crippen molar-refractivity contribution in [1.82, 2.24) is 0 Å². The van der Waals surface area contributed by atoms with Crippen molar-refractivity contribution < 1.29 is 0 Å². The van der Waals surface area contributed by atoms with E-state index < -0.39 is 0 Å². The average Bonchev–Trinajstić information content (AvgIpc) is 3.04. The van der Waals surface area contributed by atoms with E-state index in [0.29, 0.717) is 34.0 Å². The summed E-state index contributed by atoms with van der Waals surface area (Å²) in [5.74, 6) is 0. The van der Waals surface area contributed by atoms with E-state index in [1.54, 1.807) is 0 Å². The summed E-state index contributed by atoms with van der Waals surface area (Å²) >= 11 is 0.